The van der Waals surface area contributed by atoms with Gasteiger partial charge < -0.3 is 19.3 Å². The molecule has 1 unspecified atom stereocenters. The van der Waals surface area contributed by atoms with Gasteiger partial charge in [-0.05, 0) is 83.4 Å². The molecule has 2 fully saturated rings. The monoisotopic (exact) mass is 555 g/mol. The standard InChI is InChI=1S/C31H37N7O3/c1-19(2)40-30(39)37-12-6-11-31(16-37)17-38(18-31)27-10-7-23(15-32-27)29-25-13-24(8-9-26(25)35-36-29)41-22(5)28-20(3)14-33-34-21(28)4/h7-10,13-15,19,22H,6,11-12,16-18H2,1-5H3,(H,35,36). The van der Waals surface area contributed by atoms with Gasteiger partial charge in [0.1, 0.15) is 23.4 Å². The summed E-state index contributed by atoms with van der Waals surface area (Å²) in [4.78, 5) is 21.4. The molecule has 6 rings (SSSR count). The van der Waals surface area contributed by atoms with Gasteiger partial charge in [-0.1, -0.05) is 0 Å². The fraction of sp³-hybridized carbons (Fsp3) is 0.452. The first kappa shape index (κ1) is 27.0. The van der Waals surface area contributed by atoms with Crippen LogP contribution in [0.5, 0.6) is 5.75 Å². The zero-order valence-electron chi connectivity index (χ0n) is 24.3. The number of amides is 1. The van der Waals surface area contributed by atoms with Gasteiger partial charge in [-0.25, -0.2) is 9.78 Å². The third-order valence-electron chi connectivity index (χ3n) is 8.18. The first-order chi connectivity index (χ1) is 19.7. The highest BCUT2D eigenvalue weighted by Gasteiger charge is 2.47. The molecule has 3 aromatic heterocycles. The summed E-state index contributed by atoms with van der Waals surface area (Å²) in [6.45, 7) is 13.1. The maximum Gasteiger partial charge on any atom is 0.410 e. The lowest BCUT2D eigenvalue weighted by molar-refractivity contribution is 0.0292. The van der Waals surface area contributed by atoms with Crippen molar-refractivity contribution in [3.63, 3.8) is 0 Å². The van der Waals surface area contributed by atoms with Gasteiger partial charge in [-0.3, -0.25) is 5.10 Å². The van der Waals surface area contributed by atoms with E-state index in [1.165, 1.54) is 0 Å². The van der Waals surface area contributed by atoms with Crippen LogP contribution in [0.4, 0.5) is 10.6 Å². The molecule has 1 N–H and O–H groups in total. The molecule has 0 aliphatic carbocycles. The molecule has 1 amide bonds. The highest BCUT2D eigenvalue weighted by atomic mass is 16.6. The Balaban J connectivity index is 1.14. The fourth-order valence-corrected chi connectivity index (χ4v) is 6.31. The van der Waals surface area contributed by atoms with Crippen molar-refractivity contribution in [3.8, 4) is 17.0 Å². The molecule has 0 bridgehead atoms. The van der Waals surface area contributed by atoms with E-state index in [1.807, 2.05) is 63.9 Å². The van der Waals surface area contributed by atoms with Crippen LogP contribution in [-0.2, 0) is 4.74 Å². The molecular weight excluding hydrogens is 518 g/mol. The average Bonchev–Trinajstić information content (AvgIpc) is 3.35. The van der Waals surface area contributed by atoms with E-state index in [2.05, 4.69) is 37.4 Å². The second kappa shape index (κ2) is 10.6. The van der Waals surface area contributed by atoms with Gasteiger partial charge in [0, 0.05) is 54.3 Å². The summed E-state index contributed by atoms with van der Waals surface area (Å²) >= 11 is 0. The molecule has 1 aromatic carbocycles. The number of fused-ring (bicyclic) bond motifs is 1. The molecule has 5 heterocycles. The lowest BCUT2D eigenvalue weighted by Crippen LogP contribution is -2.64. The summed E-state index contributed by atoms with van der Waals surface area (Å²) in [6.07, 6.45) is 5.30. The number of likely N-dealkylation sites (tertiary alicyclic amines) is 1. The molecule has 10 nitrogen and oxygen atoms in total. The van der Waals surface area contributed by atoms with Gasteiger partial charge in [-0.15, -0.1) is 0 Å². The Morgan fingerprint density at radius 2 is 1.90 bits per heavy atom. The zero-order valence-corrected chi connectivity index (χ0v) is 24.3. The second-order valence-corrected chi connectivity index (χ2v) is 11.8. The number of piperidine rings is 1. The number of anilines is 1. The maximum absolute atomic E-state index is 12.5. The average molecular weight is 556 g/mol. The van der Waals surface area contributed by atoms with Gasteiger partial charge in [0.05, 0.1) is 23.5 Å². The Kier molecular flexibility index (Phi) is 7.01. The number of nitrogens with zero attached hydrogens (tertiary/aromatic N) is 6. The smallest absolute Gasteiger partial charge is 0.410 e. The van der Waals surface area contributed by atoms with Gasteiger partial charge in [0.25, 0.3) is 0 Å². The highest BCUT2D eigenvalue weighted by Crippen LogP contribution is 2.41. The lowest BCUT2D eigenvalue weighted by Gasteiger charge is -2.54. The van der Waals surface area contributed by atoms with Crippen LogP contribution in [0.3, 0.4) is 0 Å². The lowest BCUT2D eigenvalue weighted by atomic mass is 9.73. The van der Waals surface area contributed by atoms with E-state index in [1.54, 1.807) is 6.20 Å². The molecule has 41 heavy (non-hydrogen) atoms. The Morgan fingerprint density at radius 1 is 1.07 bits per heavy atom. The number of benzene rings is 1. The van der Waals surface area contributed by atoms with Crippen molar-refractivity contribution in [1.29, 1.82) is 0 Å². The predicted octanol–water partition coefficient (Wildman–Crippen LogP) is 5.62. The Labute approximate surface area is 240 Å². The van der Waals surface area contributed by atoms with Crippen LogP contribution in [0.25, 0.3) is 22.2 Å². The third-order valence-corrected chi connectivity index (χ3v) is 8.18. The molecule has 214 valence electrons. The largest absolute Gasteiger partial charge is 0.486 e. The van der Waals surface area contributed by atoms with E-state index in [0.29, 0.717) is 0 Å². The number of hydrogen-bond donors (Lipinski definition) is 1. The van der Waals surface area contributed by atoms with Crippen LogP contribution < -0.4 is 9.64 Å². The fourth-order valence-electron chi connectivity index (χ4n) is 6.31. The van der Waals surface area contributed by atoms with Crippen molar-refractivity contribution < 1.29 is 14.3 Å². The van der Waals surface area contributed by atoms with Crippen LogP contribution in [0.15, 0.2) is 42.7 Å². The van der Waals surface area contributed by atoms with Crippen molar-refractivity contribution in [3.05, 3.63) is 59.5 Å². The molecule has 1 atom stereocenters. The maximum atomic E-state index is 12.5. The highest BCUT2D eigenvalue weighted by molar-refractivity contribution is 5.93. The van der Waals surface area contributed by atoms with Crippen LogP contribution in [0, 0.1) is 19.3 Å². The predicted molar refractivity (Wildman–Crippen MR) is 157 cm³/mol. The van der Waals surface area contributed by atoms with Crippen molar-refractivity contribution in [2.24, 2.45) is 5.41 Å². The molecule has 2 aliphatic rings. The van der Waals surface area contributed by atoms with E-state index in [0.717, 1.165) is 89.6 Å². The van der Waals surface area contributed by atoms with E-state index < -0.39 is 0 Å². The number of hydrogen-bond acceptors (Lipinski definition) is 8. The van der Waals surface area contributed by atoms with Gasteiger partial charge in [0.15, 0.2) is 0 Å². The number of H-pyrrole nitrogens is 1. The Bertz CT molecular complexity index is 1540. The summed E-state index contributed by atoms with van der Waals surface area (Å²) in [6, 6.07) is 10.1. The second-order valence-electron chi connectivity index (χ2n) is 11.8. The number of pyridine rings is 1. The van der Waals surface area contributed by atoms with Gasteiger partial charge >= 0.3 is 6.09 Å². The van der Waals surface area contributed by atoms with Crippen LogP contribution in [0.1, 0.15) is 56.5 Å². The molecule has 2 saturated heterocycles. The Hall–Kier alpha value is -4.21. The molecule has 0 radical (unpaired) electrons. The quantitative estimate of drug-likeness (QED) is 0.327. The minimum absolute atomic E-state index is 0.103. The topological polar surface area (TPSA) is 109 Å². The summed E-state index contributed by atoms with van der Waals surface area (Å²) < 4.78 is 11.8. The van der Waals surface area contributed by atoms with Gasteiger partial charge in [0.2, 0.25) is 0 Å². The zero-order chi connectivity index (χ0) is 28.7. The minimum atomic E-state index is -0.200. The summed E-state index contributed by atoms with van der Waals surface area (Å²) in [5.41, 5.74) is 5.80. The van der Waals surface area contributed by atoms with Crippen LogP contribution in [0.2, 0.25) is 0 Å². The molecule has 2 aliphatic heterocycles. The molecule has 4 aromatic rings. The third kappa shape index (κ3) is 5.30. The summed E-state index contributed by atoms with van der Waals surface area (Å²) in [5.74, 6) is 1.70. The van der Waals surface area contributed by atoms with Crippen molar-refractivity contribution in [1.82, 2.24) is 30.3 Å². The number of aryl methyl sites for hydroxylation is 2. The number of carbonyl (C=O) groups is 1. The van der Waals surface area contributed by atoms with E-state index in [4.69, 9.17) is 14.5 Å². The first-order valence-electron chi connectivity index (χ1n) is 14.3. The number of aromatic amines is 1. The number of carbonyl (C=O) groups excluding carboxylic acids is 1. The number of aromatic nitrogens is 5. The number of ether oxygens (including phenoxy) is 2. The van der Waals surface area contributed by atoms with Crippen LogP contribution in [-0.4, -0.2) is 68.7 Å². The first-order valence-corrected chi connectivity index (χ1v) is 14.3. The van der Waals surface area contributed by atoms with Crippen molar-refractivity contribution >= 4 is 22.8 Å². The van der Waals surface area contributed by atoms with E-state index >= 15 is 0 Å². The van der Waals surface area contributed by atoms with Crippen molar-refractivity contribution in [2.75, 3.05) is 31.1 Å². The number of nitrogens with one attached hydrogen (secondary N) is 1. The van der Waals surface area contributed by atoms with Crippen LogP contribution >= 0.6 is 0 Å². The molecule has 10 heteroatoms. The minimum Gasteiger partial charge on any atom is -0.486 e. The van der Waals surface area contributed by atoms with E-state index in [-0.39, 0.29) is 23.7 Å². The summed E-state index contributed by atoms with van der Waals surface area (Å²) in [5, 5.41) is 16.9. The van der Waals surface area contributed by atoms with Gasteiger partial charge in [-0.2, -0.15) is 15.3 Å². The molecule has 0 saturated carbocycles. The summed E-state index contributed by atoms with van der Waals surface area (Å²) in [7, 11) is 0. The molecule has 1 spiro atoms. The normalized spacial score (nSPS) is 17.1. The van der Waals surface area contributed by atoms with E-state index in [9.17, 15) is 4.79 Å². The molecular formula is C31H37N7O3. The van der Waals surface area contributed by atoms with Crippen molar-refractivity contribution in [2.45, 2.75) is 59.7 Å². The SMILES string of the molecule is Cc1cnnc(C)c1C(C)Oc1ccc2[nH]nc(-c3ccc(N4CC5(CCCN(C(=O)OC(C)C)C5)C4)nc3)c2c1. The Morgan fingerprint density at radius 3 is 2.63 bits per heavy atom. The number of rotatable bonds is 6.